The minimum atomic E-state index is -0.469. The van der Waals surface area contributed by atoms with Crippen LogP contribution >= 0.6 is 11.8 Å². The summed E-state index contributed by atoms with van der Waals surface area (Å²) in [5.74, 6) is 1.54. The molecule has 156 valence electrons. The van der Waals surface area contributed by atoms with Gasteiger partial charge in [-0.15, -0.1) is 0 Å². The SMILES string of the molecule is CSc1nc(Nc2ccccc2)cc(NC2CCN(C(=O)OC(C)(C)C)CC2)n1. The number of ether oxygens (including phenoxy) is 1. The van der Waals surface area contributed by atoms with E-state index in [0.717, 1.165) is 30.2 Å². The van der Waals surface area contributed by atoms with Crippen LogP contribution in [0.25, 0.3) is 0 Å². The normalized spacial score (nSPS) is 15.1. The van der Waals surface area contributed by atoms with E-state index in [1.807, 2.05) is 63.4 Å². The van der Waals surface area contributed by atoms with Crippen molar-refractivity contribution in [2.24, 2.45) is 0 Å². The van der Waals surface area contributed by atoms with Crippen molar-refractivity contribution in [3.05, 3.63) is 36.4 Å². The number of amides is 1. The van der Waals surface area contributed by atoms with Crippen LogP contribution in [0.1, 0.15) is 33.6 Å². The number of benzene rings is 1. The summed E-state index contributed by atoms with van der Waals surface area (Å²) in [7, 11) is 0. The number of nitrogens with zero attached hydrogens (tertiary/aromatic N) is 3. The number of carbonyl (C=O) groups is 1. The van der Waals surface area contributed by atoms with Crippen LogP contribution in [0.4, 0.5) is 22.1 Å². The Morgan fingerprint density at radius 2 is 1.79 bits per heavy atom. The fraction of sp³-hybridized carbons (Fsp3) is 0.476. The van der Waals surface area contributed by atoms with Crippen LogP contribution in [-0.2, 0) is 4.74 Å². The number of nitrogens with one attached hydrogen (secondary N) is 2. The minimum absolute atomic E-state index is 0.239. The lowest BCUT2D eigenvalue weighted by molar-refractivity contribution is 0.0210. The minimum Gasteiger partial charge on any atom is -0.444 e. The van der Waals surface area contributed by atoms with Crippen molar-refractivity contribution in [1.82, 2.24) is 14.9 Å². The summed E-state index contributed by atoms with van der Waals surface area (Å²) >= 11 is 1.51. The van der Waals surface area contributed by atoms with Crippen LogP contribution in [0.5, 0.6) is 0 Å². The summed E-state index contributed by atoms with van der Waals surface area (Å²) in [6.45, 7) is 7.00. The van der Waals surface area contributed by atoms with E-state index >= 15 is 0 Å². The second kappa shape index (κ2) is 9.35. The molecule has 0 unspecified atom stereocenters. The number of hydrogen-bond acceptors (Lipinski definition) is 7. The molecule has 8 heteroatoms. The average molecular weight is 416 g/mol. The third kappa shape index (κ3) is 6.52. The number of thioether (sulfide) groups is 1. The van der Waals surface area contributed by atoms with Gasteiger partial charge in [0.25, 0.3) is 0 Å². The molecule has 3 rings (SSSR count). The van der Waals surface area contributed by atoms with E-state index in [-0.39, 0.29) is 12.1 Å². The van der Waals surface area contributed by atoms with Gasteiger partial charge in [-0.25, -0.2) is 14.8 Å². The predicted molar refractivity (Wildman–Crippen MR) is 118 cm³/mol. The molecule has 0 aliphatic carbocycles. The van der Waals surface area contributed by atoms with Gasteiger partial charge >= 0.3 is 6.09 Å². The van der Waals surface area contributed by atoms with Crippen molar-refractivity contribution in [3.63, 3.8) is 0 Å². The van der Waals surface area contributed by atoms with Gasteiger partial charge in [0.15, 0.2) is 5.16 Å². The Morgan fingerprint density at radius 3 is 2.41 bits per heavy atom. The van der Waals surface area contributed by atoms with Crippen molar-refractivity contribution < 1.29 is 9.53 Å². The maximum atomic E-state index is 12.2. The lowest BCUT2D eigenvalue weighted by Crippen LogP contribution is -2.44. The van der Waals surface area contributed by atoms with Gasteiger partial charge in [-0.3, -0.25) is 0 Å². The fourth-order valence-corrected chi connectivity index (χ4v) is 3.45. The van der Waals surface area contributed by atoms with Gasteiger partial charge in [-0.05, 0) is 52.0 Å². The molecule has 2 heterocycles. The lowest BCUT2D eigenvalue weighted by Gasteiger charge is -2.34. The first-order valence-electron chi connectivity index (χ1n) is 9.82. The molecule has 1 aromatic heterocycles. The van der Waals surface area contributed by atoms with E-state index < -0.39 is 5.60 Å². The maximum Gasteiger partial charge on any atom is 0.410 e. The highest BCUT2D eigenvalue weighted by molar-refractivity contribution is 7.98. The molecular formula is C21H29N5O2S. The molecule has 29 heavy (non-hydrogen) atoms. The van der Waals surface area contributed by atoms with Crippen LogP contribution in [0.2, 0.25) is 0 Å². The number of para-hydroxylation sites is 1. The van der Waals surface area contributed by atoms with Gasteiger partial charge < -0.3 is 20.3 Å². The topological polar surface area (TPSA) is 79.4 Å². The third-order valence-corrected chi connectivity index (χ3v) is 4.98. The van der Waals surface area contributed by atoms with E-state index in [9.17, 15) is 4.79 Å². The lowest BCUT2D eigenvalue weighted by atomic mass is 10.1. The number of piperidine rings is 1. The molecule has 1 aromatic carbocycles. The Hall–Kier alpha value is -2.48. The smallest absolute Gasteiger partial charge is 0.410 e. The van der Waals surface area contributed by atoms with E-state index in [4.69, 9.17) is 4.74 Å². The van der Waals surface area contributed by atoms with Crippen molar-refractivity contribution in [3.8, 4) is 0 Å². The summed E-state index contributed by atoms with van der Waals surface area (Å²) in [6.07, 6.45) is 3.42. The summed E-state index contributed by atoms with van der Waals surface area (Å²) in [5, 5.41) is 7.54. The molecule has 1 aliphatic heterocycles. The zero-order valence-electron chi connectivity index (χ0n) is 17.4. The first-order valence-corrected chi connectivity index (χ1v) is 11.0. The van der Waals surface area contributed by atoms with Crippen molar-refractivity contribution in [2.75, 3.05) is 30.0 Å². The first kappa shape index (κ1) is 21.2. The Bertz CT molecular complexity index is 818. The van der Waals surface area contributed by atoms with Crippen LogP contribution in [0, 0.1) is 0 Å². The van der Waals surface area contributed by atoms with Gasteiger partial charge in [0.05, 0.1) is 0 Å². The Labute approximate surface area is 176 Å². The molecular weight excluding hydrogens is 386 g/mol. The molecule has 1 amide bonds. The highest BCUT2D eigenvalue weighted by Gasteiger charge is 2.27. The number of carbonyl (C=O) groups excluding carboxylic acids is 1. The average Bonchev–Trinajstić information content (AvgIpc) is 2.68. The summed E-state index contributed by atoms with van der Waals surface area (Å²) in [4.78, 5) is 23.1. The number of hydrogen-bond donors (Lipinski definition) is 2. The monoisotopic (exact) mass is 415 g/mol. The second-order valence-electron chi connectivity index (χ2n) is 8.00. The fourth-order valence-electron chi connectivity index (χ4n) is 3.07. The number of anilines is 3. The molecule has 0 spiro atoms. The second-order valence-corrected chi connectivity index (χ2v) is 8.78. The molecule has 0 saturated carbocycles. The Kier molecular flexibility index (Phi) is 6.84. The molecule has 7 nitrogen and oxygen atoms in total. The third-order valence-electron chi connectivity index (χ3n) is 4.43. The van der Waals surface area contributed by atoms with Gasteiger partial charge in [0.1, 0.15) is 17.2 Å². The summed E-state index contributed by atoms with van der Waals surface area (Å²) in [5.41, 5.74) is 0.513. The Morgan fingerprint density at radius 1 is 1.14 bits per heavy atom. The number of likely N-dealkylation sites (tertiary alicyclic amines) is 1. The highest BCUT2D eigenvalue weighted by atomic mass is 32.2. The number of aromatic nitrogens is 2. The van der Waals surface area contributed by atoms with Gasteiger partial charge in [0, 0.05) is 30.9 Å². The standard InChI is InChI=1S/C21H29N5O2S/c1-21(2,3)28-20(27)26-12-10-16(11-13-26)23-18-14-17(24-19(25-18)29-4)22-15-8-6-5-7-9-15/h5-9,14,16H,10-13H2,1-4H3,(H2,22,23,24,25). The molecule has 1 aliphatic rings. The van der Waals surface area contributed by atoms with Crippen LogP contribution < -0.4 is 10.6 Å². The van der Waals surface area contributed by atoms with E-state index in [0.29, 0.717) is 18.2 Å². The van der Waals surface area contributed by atoms with Crippen molar-refractivity contribution in [1.29, 1.82) is 0 Å². The van der Waals surface area contributed by atoms with Crippen molar-refractivity contribution in [2.45, 2.75) is 50.4 Å². The molecule has 0 bridgehead atoms. The highest BCUT2D eigenvalue weighted by Crippen LogP contribution is 2.23. The zero-order valence-corrected chi connectivity index (χ0v) is 18.3. The summed E-state index contributed by atoms with van der Waals surface area (Å²) in [6, 6.07) is 12.1. The summed E-state index contributed by atoms with van der Waals surface area (Å²) < 4.78 is 5.47. The molecule has 1 saturated heterocycles. The largest absolute Gasteiger partial charge is 0.444 e. The number of rotatable bonds is 5. The van der Waals surface area contributed by atoms with Crippen molar-refractivity contribution >= 4 is 35.2 Å². The molecule has 1 fully saturated rings. The van der Waals surface area contributed by atoms with Gasteiger partial charge in [-0.2, -0.15) is 0 Å². The van der Waals surface area contributed by atoms with Crippen LogP contribution in [0.15, 0.2) is 41.6 Å². The Balaban J connectivity index is 1.60. The predicted octanol–water partition coefficient (Wildman–Crippen LogP) is 4.75. The first-order chi connectivity index (χ1) is 13.8. The molecule has 2 N–H and O–H groups in total. The maximum absolute atomic E-state index is 12.2. The zero-order chi connectivity index (χ0) is 20.9. The van der Waals surface area contributed by atoms with Gasteiger partial charge in [0.2, 0.25) is 0 Å². The molecule has 2 aromatic rings. The van der Waals surface area contributed by atoms with Crippen LogP contribution in [0.3, 0.4) is 0 Å². The van der Waals surface area contributed by atoms with E-state index in [1.165, 1.54) is 11.8 Å². The quantitative estimate of drug-likeness (QED) is 0.539. The molecule has 0 atom stereocenters. The van der Waals surface area contributed by atoms with E-state index in [2.05, 4.69) is 20.6 Å². The van der Waals surface area contributed by atoms with E-state index in [1.54, 1.807) is 4.90 Å². The van der Waals surface area contributed by atoms with Crippen LogP contribution in [-0.4, -0.2) is 51.9 Å². The molecule has 0 radical (unpaired) electrons. The van der Waals surface area contributed by atoms with Gasteiger partial charge in [-0.1, -0.05) is 30.0 Å².